The maximum absolute atomic E-state index is 12.2. The number of carbonyl (C=O) groups is 1. The number of hydrogen-bond donors (Lipinski definition) is 2. The van der Waals surface area contributed by atoms with Crippen LogP contribution in [0.2, 0.25) is 0 Å². The van der Waals surface area contributed by atoms with Crippen molar-refractivity contribution in [3.05, 3.63) is 0 Å². The summed E-state index contributed by atoms with van der Waals surface area (Å²) in [4.78, 5) is 17.0. The third kappa shape index (κ3) is 3.96. The second-order valence-electron chi connectivity index (χ2n) is 7.03. The lowest BCUT2D eigenvalue weighted by Crippen LogP contribution is -2.64. The highest BCUT2D eigenvalue weighted by molar-refractivity contribution is 5.86. The van der Waals surface area contributed by atoms with Crippen molar-refractivity contribution in [2.75, 3.05) is 40.3 Å². The number of rotatable bonds is 8. The number of likely N-dealkylation sites (N-methyl/N-ethyl adjacent to an activating group) is 1. The number of nitrogens with zero attached hydrogens (tertiary/aromatic N) is 2. The maximum atomic E-state index is 12.2. The van der Waals surface area contributed by atoms with Gasteiger partial charge in [0.25, 0.3) is 0 Å². The van der Waals surface area contributed by atoms with Crippen molar-refractivity contribution in [1.82, 2.24) is 15.1 Å². The van der Waals surface area contributed by atoms with Gasteiger partial charge in [0, 0.05) is 19.1 Å². The summed E-state index contributed by atoms with van der Waals surface area (Å²) in [5.74, 6) is 0.270. The first-order chi connectivity index (χ1) is 9.99. The highest BCUT2D eigenvalue weighted by Gasteiger charge is 2.50. The van der Waals surface area contributed by atoms with E-state index < -0.39 is 5.54 Å². The zero-order valence-corrected chi connectivity index (χ0v) is 13.9. The molecule has 5 nitrogen and oxygen atoms in total. The minimum atomic E-state index is -0.510. The van der Waals surface area contributed by atoms with Crippen molar-refractivity contribution in [1.29, 1.82) is 0 Å². The van der Waals surface area contributed by atoms with Crippen LogP contribution in [0.15, 0.2) is 0 Å². The Morgan fingerprint density at radius 1 is 1.38 bits per heavy atom. The average Bonchev–Trinajstić information content (AvgIpc) is 3.28. The molecule has 0 aromatic rings. The molecule has 1 aliphatic carbocycles. The van der Waals surface area contributed by atoms with Gasteiger partial charge in [-0.1, -0.05) is 6.92 Å². The van der Waals surface area contributed by atoms with Crippen molar-refractivity contribution >= 4 is 5.91 Å². The molecule has 0 aromatic heterocycles. The molecule has 2 atom stereocenters. The molecule has 1 aliphatic heterocycles. The maximum Gasteiger partial charge on any atom is 0.239 e. The Labute approximate surface area is 129 Å². The van der Waals surface area contributed by atoms with Gasteiger partial charge in [-0.3, -0.25) is 9.69 Å². The van der Waals surface area contributed by atoms with E-state index in [9.17, 15) is 4.79 Å². The number of nitrogens with one attached hydrogen (secondary N) is 1. The summed E-state index contributed by atoms with van der Waals surface area (Å²) in [7, 11) is 4.29. The molecule has 0 bridgehead atoms. The lowest BCUT2D eigenvalue weighted by Gasteiger charge is -2.42. The smallest absolute Gasteiger partial charge is 0.239 e. The highest BCUT2D eigenvalue weighted by atomic mass is 16.1. The Bertz CT molecular complexity index is 356. The van der Waals surface area contributed by atoms with Gasteiger partial charge in [0.1, 0.15) is 5.54 Å². The molecule has 1 saturated carbocycles. The van der Waals surface area contributed by atoms with E-state index in [1.165, 1.54) is 12.8 Å². The molecular weight excluding hydrogens is 264 g/mol. The second-order valence-corrected chi connectivity index (χ2v) is 7.03. The minimum Gasteiger partial charge on any atom is -0.368 e. The van der Waals surface area contributed by atoms with E-state index in [1.54, 1.807) is 0 Å². The fraction of sp³-hybridized carbons (Fsp3) is 0.938. The Morgan fingerprint density at radius 3 is 2.62 bits per heavy atom. The molecule has 21 heavy (non-hydrogen) atoms. The van der Waals surface area contributed by atoms with Crippen LogP contribution in [-0.4, -0.2) is 67.6 Å². The SMILES string of the molecule is CCCNC(CN1CCCC(N(C)C)C1)(C(N)=O)C1CC1. The van der Waals surface area contributed by atoms with E-state index in [1.807, 2.05) is 0 Å². The number of amides is 1. The number of piperidine rings is 1. The lowest BCUT2D eigenvalue weighted by atomic mass is 9.89. The van der Waals surface area contributed by atoms with Gasteiger partial charge in [0.05, 0.1) is 0 Å². The van der Waals surface area contributed by atoms with Crippen molar-refractivity contribution < 1.29 is 4.79 Å². The second kappa shape index (κ2) is 7.07. The van der Waals surface area contributed by atoms with Gasteiger partial charge < -0.3 is 16.0 Å². The molecule has 0 aromatic carbocycles. The monoisotopic (exact) mass is 296 g/mol. The van der Waals surface area contributed by atoms with Gasteiger partial charge in [-0.25, -0.2) is 0 Å². The normalized spacial score (nSPS) is 26.8. The van der Waals surface area contributed by atoms with Crippen LogP contribution in [0.4, 0.5) is 0 Å². The molecule has 1 saturated heterocycles. The number of hydrogen-bond acceptors (Lipinski definition) is 4. The van der Waals surface area contributed by atoms with Crippen LogP contribution in [0.1, 0.15) is 39.0 Å². The summed E-state index contributed by atoms with van der Waals surface area (Å²) in [6.07, 6.45) is 5.74. The fourth-order valence-electron chi connectivity index (χ4n) is 3.57. The molecule has 1 amide bonds. The summed E-state index contributed by atoms with van der Waals surface area (Å²) in [6.45, 7) is 5.90. The largest absolute Gasteiger partial charge is 0.368 e. The summed E-state index contributed by atoms with van der Waals surface area (Å²) in [6, 6.07) is 0.592. The van der Waals surface area contributed by atoms with Gasteiger partial charge in [0.2, 0.25) is 5.91 Å². The van der Waals surface area contributed by atoms with Gasteiger partial charge >= 0.3 is 0 Å². The zero-order chi connectivity index (χ0) is 15.5. The van der Waals surface area contributed by atoms with E-state index in [0.29, 0.717) is 12.0 Å². The molecule has 0 spiro atoms. The van der Waals surface area contributed by atoms with Crippen LogP contribution in [0.5, 0.6) is 0 Å². The first-order valence-electron chi connectivity index (χ1n) is 8.43. The van der Waals surface area contributed by atoms with Crippen LogP contribution >= 0.6 is 0 Å². The van der Waals surface area contributed by atoms with Crippen molar-refractivity contribution in [2.45, 2.75) is 50.6 Å². The molecule has 1 heterocycles. The predicted molar refractivity (Wildman–Crippen MR) is 86.1 cm³/mol. The zero-order valence-electron chi connectivity index (χ0n) is 13.9. The van der Waals surface area contributed by atoms with Crippen LogP contribution in [0.25, 0.3) is 0 Å². The van der Waals surface area contributed by atoms with E-state index in [0.717, 1.165) is 45.4 Å². The first-order valence-corrected chi connectivity index (χ1v) is 8.43. The van der Waals surface area contributed by atoms with E-state index in [4.69, 9.17) is 5.73 Å². The van der Waals surface area contributed by atoms with Crippen molar-refractivity contribution in [3.63, 3.8) is 0 Å². The Kier molecular flexibility index (Phi) is 5.63. The highest BCUT2D eigenvalue weighted by Crippen LogP contribution is 2.40. The molecule has 2 rings (SSSR count). The summed E-state index contributed by atoms with van der Waals surface area (Å²) >= 11 is 0. The van der Waals surface area contributed by atoms with Crippen LogP contribution in [-0.2, 0) is 4.79 Å². The van der Waals surface area contributed by atoms with E-state index >= 15 is 0 Å². The molecule has 2 fully saturated rings. The predicted octanol–water partition coefficient (Wildman–Crippen LogP) is 0.646. The minimum absolute atomic E-state index is 0.162. The molecule has 2 unspecified atom stereocenters. The van der Waals surface area contributed by atoms with Gasteiger partial charge in [-0.15, -0.1) is 0 Å². The molecule has 0 radical (unpaired) electrons. The number of likely N-dealkylation sites (tertiary alicyclic amines) is 1. The molecule has 5 heteroatoms. The molecule has 122 valence electrons. The summed E-state index contributed by atoms with van der Waals surface area (Å²) < 4.78 is 0. The quantitative estimate of drug-likeness (QED) is 0.690. The standard InChI is InChI=1S/C16H32N4O/c1-4-9-18-16(15(17)21,13-7-8-13)12-20-10-5-6-14(11-20)19(2)3/h13-14,18H,4-12H2,1-3H3,(H2,17,21). The molecular formula is C16H32N4O. The number of carbonyl (C=O) groups excluding carboxylic acids is 1. The molecule has 3 N–H and O–H groups in total. The van der Waals surface area contributed by atoms with Gasteiger partial charge in [-0.2, -0.15) is 0 Å². The average molecular weight is 296 g/mol. The Hall–Kier alpha value is -0.650. The van der Waals surface area contributed by atoms with Crippen LogP contribution in [0, 0.1) is 5.92 Å². The summed E-state index contributed by atoms with van der Waals surface area (Å²) in [5, 5.41) is 3.51. The van der Waals surface area contributed by atoms with E-state index in [-0.39, 0.29) is 5.91 Å². The Morgan fingerprint density at radius 2 is 2.10 bits per heavy atom. The summed E-state index contributed by atoms with van der Waals surface area (Å²) in [5.41, 5.74) is 5.32. The lowest BCUT2D eigenvalue weighted by molar-refractivity contribution is -0.126. The van der Waals surface area contributed by atoms with Gasteiger partial charge in [0.15, 0.2) is 0 Å². The van der Waals surface area contributed by atoms with Crippen LogP contribution < -0.4 is 11.1 Å². The van der Waals surface area contributed by atoms with Crippen LogP contribution in [0.3, 0.4) is 0 Å². The number of primary amides is 1. The topological polar surface area (TPSA) is 61.6 Å². The third-order valence-electron chi connectivity index (χ3n) is 5.09. The van der Waals surface area contributed by atoms with E-state index in [2.05, 4.69) is 36.1 Å². The fourth-order valence-corrected chi connectivity index (χ4v) is 3.57. The third-order valence-corrected chi connectivity index (χ3v) is 5.09. The first kappa shape index (κ1) is 16.7. The van der Waals surface area contributed by atoms with Crippen molar-refractivity contribution in [2.24, 2.45) is 11.7 Å². The number of nitrogens with two attached hydrogens (primary N) is 1. The molecule has 2 aliphatic rings. The van der Waals surface area contributed by atoms with Crippen molar-refractivity contribution in [3.8, 4) is 0 Å². The Balaban J connectivity index is 2.05. The van der Waals surface area contributed by atoms with Gasteiger partial charge in [-0.05, 0) is 65.2 Å².